The van der Waals surface area contributed by atoms with Crippen LogP contribution in [-0.4, -0.2) is 66.0 Å². The highest BCUT2D eigenvalue weighted by Gasteiger charge is 2.23. The minimum Gasteiger partial charge on any atom is -0.358 e. The molecule has 1 aromatic heterocycles. The topological polar surface area (TPSA) is 57.6 Å². The van der Waals surface area contributed by atoms with Crippen molar-refractivity contribution in [2.24, 2.45) is 0 Å². The van der Waals surface area contributed by atoms with Gasteiger partial charge in [0.25, 0.3) is 0 Å². The lowest BCUT2D eigenvalue weighted by molar-refractivity contribution is -0.133. The number of carbonyl (C=O) groups excluding carboxylic acids is 2. The SMILES string of the molecule is CNC(=O)CN1CCN(C(=O)Cn2c(-c3ccccc3)cc3ccccc32)CC1. The van der Waals surface area contributed by atoms with Crippen molar-refractivity contribution in [1.82, 2.24) is 19.7 Å². The van der Waals surface area contributed by atoms with Gasteiger partial charge in [-0.3, -0.25) is 14.5 Å². The molecule has 1 saturated heterocycles. The second-order valence-corrected chi connectivity index (χ2v) is 7.37. The van der Waals surface area contributed by atoms with Crippen LogP contribution in [-0.2, 0) is 16.1 Å². The van der Waals surface area contributed by atoms with Gasteiger partial charge in [-0.15, -0.1) is 0 Å². The van der Waals surface area contributed by atoms with E-state index in [9.17, 15) is 9.59 Å². The lowest BCUT2D eigenvalue weighted by Crippen LogP contribution is -2.51. The molecule has 0 aliphatic carbocycles. The number of hydrogen-bond donors (Lipinski definition) is 1. The Morgan fingerprint density at radius 2 is 1.59 bits per heavy atom. The third-order valence-corrected chi connectivity index (χ3v) is 5.54. The van der Waals surface area contributed by atoms with Crippen LogP contribution in [0.2, 0.25) is 0 Å². The van der Waals surface area contributed by atoms with Crippen molar-refractivity contribution in [2.75, 3.05) is 39.8 Å². The maximum atomic E-state index is 13.1. The van der Waals surface area contributed by atoms with E-state index >= 15 is 0 Å². The molecule has 2 aromatic carbocycles. The van der Waals surface area contributed by atoms with Crippen molar-refractivity contribution in [3.63, 3.8) is 0 Å². The van der Waals surface area contributed by atoms with E-state index in [1.165, 1.54) is 0 Å². The van der Waals surface area contributed by atoms with Gasteiger partial charge in [-0.2, -0.15) is 0 Å². The number of fused-ring (bicyclic) bond motifs is 1. The molecule has 29 heavy (non-hydrogen) atoms. The van der Waals surface area contributed by atoms with E-state index in [2.05, 4.69) is 45.1 Å². The number of likely N-dealkylation sites (N-methyl/N-ethyl adjacent to an activating group) is 1. The number of carbonyl (C=O) groups is 2. The zero-order chi connectivity index (χ0) is 20.2. The highest BCUT2D eigenvalue weighted by Crippen LogP contribution is 2.28. The molecular weight excluding hydrogens is 364 g/mol. The van der Waals surface area contributed by atoms with Gasteiger partial charge in [0.2, 0.25) is 11.8 Å². The molecule has 0 spiro atoms. The van der Waals surface area contributed by atoms with Gasteiger partial charge >= 0.3 is 0 Å². The molecule has 0 radical (unpaired) electrons. The summed E-state index contributed by atoms with van der Waals surface area (Å²) in [5, 5.41) is 3.78. The van der Waals surface area contributed by atoms with Crippen LogP contribution in [0.15, 0.2) is 60.7 Å². The summed E-state index contributed by atoms with van der Waals surface area (Å²) in [5.41, 5.74) is 3.23. The Labute approximate surface area is 170 Å². The molecule has 150 valence electrons. The fraction of sp³-hybridized carbons (Fsp3) is 0.304. The molecule has 0 unspecified atom stereocenters. The number of piperazine rings is 1. The molecule has 1 aliphatic heterocycles. The van der Waals surface area contributed by atoms with Gasteiger partial charge < -0.3 is 14.8 Å². The average molecular weight is 390 g/mol. The quantitative estimate of drug-likeness (QED) is 0.727. The Bertz CT molecular complexity index is 1000. The molecule has 0 saturated carbocycles. The van der Waals surface area contributed by atoms with Gasteiger partial charge in [0.1, 0.15) is 6.54 Å². The minimum atomic E-state index is 0.0103. The van der Waals surface area contributed by atoms with Crippen LogP contribution in [0.25, 0.3) is 22.2 Å². The summed E-state index contributed by atoms with van der Waals surface area (Å²) in [6, 6.07) is 20.5. The fourth-order valence-corrected chi connectivity index (χ4v) is 3.90. The minimum absolute atomic E-state index is 0.0103. The Hall–Kier alpha value is -3.12. The van der Waals surface area contributed by atoms with E-state index in [0.717, 1.165) is 35.2 Å². The normalized spacial score (nSPS) is 14.9. The standard InChI is InChI=1S/C23H26N4O2/c1-24-22(28)16-25-11-13-26(14-12-25)23(29)17-27-20-10-6-5-9-19(20)15-21(27)18-7-3-2-4-8-18/h2-10,15H,11-14,16-17H2,1H3,(H,24,28). The van der Waals surface area contributed by atoms with Gasteiger partial charge in [-0.25, -0.2) is 0 Å². The molecule has 1 N–H and O–H groups in total. The molecule has 0 atom stereocenters. The van der Waals surface area contributed by atoms with Crippen molar-refractivity contribution in [3.8, 4) is 11.3 Å². The molecule has 0 bridgehead atoms. The van der Waals surface area contributed by atoms with E-state index in [0.29, 0.717) is 26.2 Å². The predicted octanol–water partition coefficient (Wildman–Crippen LogP) is 2.20. The highest BCUT2D eigenvalue weighted by atomic mass is 16.2. The first-order valence-corrected chi connectivity index (χ1v) is 10.00. The molecular formula is C23H26N4O2. The van der Waals surface area contributed by atoms with Crippen molar-refractivity contribution < 1.29 is 9.59 Å². The number of rotatable bonds is 5. The van der Waals surface area contributed by atoms with Crippen molar-refractivity contribution in [3.05, 3.63) is 60.7 Å². The van der Waals surface area contributed by atoms with Crippen LogP contribution in [0.5, 0.6) is 0 Å². The third kappa shape index (κ3) is 4.17. The van der Waals surface area contributed by atoms with E-state index < -0.39 is 0 Å². The van der Waals surface area contributed by atoms with E-state index in [1.54, 1.807) is 7.05 Å². The summed E-state index contributed by atoms with van der Waals surface area (Å²) >= 11 is 0. The van der Waals surface area contributed by atoms with E-state index in [4.69, 9.17) is 0 Å². The predicted molar refractivity (Wildman–Crippen MR) is 114 cm³/mol. The number of hydrogen-bond acceptors (Lipinski definition) is 3. The van der Waals surface area contributed by atoms with Crippen LogP contribution in [0, 0.1) is 0 Å². The molecule has 3 aromatic rings. The zero-order valence-electron chi connectivity index (χ0n) is 16.7. The van der Waals surface area contributed by atoms with Gasteiger partial charge in [0, 0.05) is 49.8 Å². The molecule has 6 heteroatoms. The van der Waals surface area contributed by atoms with Crippen molar-refractivity contribution in [1.29, 1.82) is 0 Å². The number of para-hydroxylation sites is 1. The third-order valence-electron chi connectivity index (χ3n) is 5.54. The lowest BCUT2D eigenvalue weighted by atomic mass is 10.1. The molecule has 4 rings (SSSR count). The second kappa shape index (κ2) is 8.49. The average Bonchev–Trinajstić information content (AvgIpc) is 3.13. The van der Waals surface area contributed by atoms with Crippen LogP contribution in [0.1, 0.15) is 0 Å². The maximum Gasteiger partial charge on any atom is 0.242 e. The first kappa shape index (κ1) is 19.2. The first-order chi connectivity index (χ1) is 14.2. The smallest absolute Gasteiger partial charge is 0.242 e. The first-order valence-electron chi connectivity index (χ1n) is 10.00. The van der Waals surface area contributed by atoms with Gasteiger partial charge in [-0.1, -0.05) is 48.5 Å². The van der Waals surface area contributed by atoms with Crippen LogP contribution in [0.4, 0.5) is 0 Å². The Kier molecular flexibility index (Phi) is 5.62. The van der Waals surface area contributed by atoms with E-state index in [-0.39, 0.29) is 11.8 Å². The Morgan fingerprint density at radius 3 is 2.31 bits per heavy atom. The lowest BCUT2D eigenvalue weighted by Gasteiger charge is -2.34. The molecule has 1 aliphatic rings. The number of aromatic nitrogens is 1. The largest absolute Gasteiger partial charge is 0.358 e. The summed E-state index contributed by atoms with van der Waals surface area (Å²) < 4.78 is 2.11. The summed E-state index contributed by atoms with van der Waals surface area (Å²) in [6.45, 7) is 3.44. The van der Waals surface area contributed by atoms with Crippen LogP contribution in [0.3, 0.4) is 0 Å². The molecule has 2 amide bonds. The molecule has 2 heterocycles. The van der Waals surface area contributed by atoms with Crippen LogP contribution < -0.4 is 5.32 Å². The number of nitrogens with one attached hydrogen (secondary N) is 1. The summed E-state index contributed by atoms with van der Waals surface area (Å²) in [7, 11) is 1.65. The fourth-order valence-electron chi connectivity index (χ4n) is 3.90. The van der Waals surface area contributed by atoms with Crippen molar-refractivity contribution in [2.45, 2.75) is 6.54 Å². The number of benzene rings is 2. The maximum absolute atomic E-state index is 13.1. The highest BCUT2D eigenvalue weighted by molar-refractivity contribution is 5.89. The number of amides is 2. The van der Waals surface area contributed by atoms with Gasteiger partial charge in [-0.05, 0) is 17.7 Å². The van der Waals surface area contributed by atoms with Gasteiger partial charge in [0.15, 0.2) is 0 Å². The van der Waals surface area contributed by atoms with E-state index in [1.807, 2.05) is 35.2 Å². The molecule has 6 nitrogen and oxygen atoms in total. The van der Waals surface area contributed by atoms with Crippen LogP contribution >= 0.6 is 0 Å². The van der Waals surface area contributed by atoms with Crippen molar-refractivity contribution >= 4 is 22.7 Å². The summed E-state index contributed by atoms with van der Waals surface area (Å²) in [6.07, 6.45) is 0. The Balaban J connectivity index is 1.52. The second-order valence-electron chi connectivity index (χ2n) is 7.37. The summed E-state index contributed by atoms with van der Waals surface area (Å²) in [5.74, 6) is 0.124. The number of nitrogens with zero attached hydrogens (tertiary/aromatic N) is 3. The monoisotopic (exact) mass is 390 g/mol. The molecule has 1 fully saturated rings. The summed E-state index contributed by atoms with van der Waals surface area (Å²) in [4.78, 5) is 28.6. The Morgan fingerprint density at radius 1 is 0.897 bits per heavy atom. The zero-order valence-corrected chi connectivity index (χ0v) is 16.7. The van der Waals surface area contributed by atoms with Gasteiger partial charge in [0.05, 0.1) is 6.54 Å².